The van der Waals surface area contributed by atoms with Crippen LogP contribution < -0.4 is 10.3 Å². The van der Waals surface area contributed by atoms with E-state index in [1.54, 1.807) is 47.5 Å². The summed E-state index contributed by atoms with van der Waals surface area (Å²) in [7, 11) is 1.59. The quantitative estimate of drug-likeness (QED) is 0.643. The molecule has 4 rings (SSSR count). The van der Waals surface area contributed by atoms with Crippen LogP contribution in [-0.2, 0) is 19.4 Å². The van der Waals surface area contributed by atoms with Crippen molar-refractivity contribution >= 4 is 27.3 Å². The Hall–Kier alpha value is -2.47. The lowest BCUT2D eigenvalue weighted by atomic mass is 9.89. The fourth-order valence-corrected chi connectivity index (χ4v) is 5.12. The van der Waals surface area contributed by atoms with Gasteiger partial charge in [0.1, 0.15) is 10.6 Å². The van der Waals surface area contributed by atoms with Gasteiger partial charge in [-0.2, -0.15) is 0 Å². The number of nitrogens with zero attached hydrogens (tertiary/aromatic N) is 2. The molecular formula is C21H22N2O3S. The van der Waals surface area contributed by atoms with Gasteiger partial charge >= 0.3 is 0 Å². The molecule has 1 atom stereocenters. The van der Waals surface area contributed by atoms with Crippen LogP contribution in [0.1, 0.15) is 46.6 Å². The molecule has 0 N–H and O–H groups in total. The molecule has 0 spiro atoms. The van der Waals surface area contributed by atoms with E-state index in [0.29, 0.717) is 23.8 Å². The van der Waals surface area contributed by atoms with Gasteiger partial charge in [0.05, 0.1) is 25.4 Å². The highest BCUT2D eigenvalue weighted by atomic mass is 32.1. The molecule has 0 fully saturated rings. The van der Waals surface area contributed by atoms with E-state index in [4.69, 9.17) is 4.74 Å². The number of hydrogen-bond acceptors (Lipinski definition) is 5. The Morgan fingerprint density at radius 3 is 2.96 bits per heavy atom. The van der Waals surface area contributed by atoms with E-state index in [0.717, 1.165) is 35.0 Å². The lowest BCUT2D eigenvalue weighted by Crippen LogP contribution is -2.22. The molecule has 0 saturated carbocycles. The van der Waals surface area contributed by atoms with Gasteiger partial charge < -0.3 is 4.74 Å². The first kappa shape index (κ1) is 17.9. The molecule has 1 aromatic carbocycles. The summed E-state index contributed by atoms with van der Waals surface area (Å²) in [6, 6.07) is 5.31. The number of fused-ring (bicyclic) bond motifs is 3. The third-order valence-electron chi connectivity index (χ3n) is 5.31. The van der Waals surface area contributed by atoms with Crippen LogP contribution in [0.25, 0.3) is 10.2 Å². The van der Waals surface area contributed by atoms with Crippen LogP contribution in [-0.4, -0.2) is 22.4 Å². The average Bonchev–Trinajstić information content (AvgIpc) is 3.02. The molecule has 6 heteroatoms. The highest BCUT2D eigenvalue weighted by molar-refractivity contribution is 7.18. The van der Waals surface area contributed by atoms with Crippen LogP contribution in [0.15, 0.2) is 29.3 Å². The van der Waals surface area contributed by atoms with E-state index in [2.05, 4.69) is 11.9 Å². The number of hydrogen-bond donors (Lipinski definition) is 0. The molecule has 0 aliphatic heterocycles. The highest BCUT2D eigenvalue weighted by Gasteiger charge is 2.23. The summed E-state index contributed by atoms with van der Waals surface area (Å²) in [5.74, 6) is 1.31. The lowest BCUT2D eigenvalue weighted by molar-refractivity contribution is 0.101. The standard InChI is InChI=1S/C21H22N2O3S/c1-12-4-6-16-18(8-12)27-20-19(16)21(25)23(11-22-20)10-15-9-14(13(2)24)5-7-17(15)26-3/h5,7,9,11-12H,4,6,8,10H2,1-3H3/t12-/m0/s1. The number of benzene rings is 1. The third-order valence-corrected chi connectivity index (χ3v) is 6.47. The molecule has 0 amide bonds. The molecule has 3 aromatic rings. The fraction of sp³-hybridized carbons (Fsp3) is 0.381. The second-order valence-electron chi connectivity index (χ2n) is 7.29. The summed E-state index contributed by atoms with van der Waals surface area (Å²) < 4.78 is 7.04. The maximum atomic E-state index is 13.2. The molecule has 1 aliphatic rings. The lowest BCUT2D eigenvalue weighted by Gasteiger charge is -2.17. The molecule has 5 nitrogen and oxygen atoms in total. The van der Waals surface area contributed by atoms with Gasteiger partial charge in [0, 0.05) is 16.0 Å². The molecule has 0 radical (unpaired) electrons. The van der Waals surface area contributed by atoms with Crippen LogP contribution in [0.3, 0.4) is 0 Å². The largest absolute Gasteiger partial charge is 0.496 e. The van der Waals surface area contributed by atoms with E-state index >= 15 is 0 Å². The molecule has 2 aromatic heterocycles. The summed E-state index contributed by atoms with van der Waals surface area (Å²) in [5.41, 5.74) is 2.58. The number of ketones is 1. The summed E-state index contributed by atoms with van der Waals surface area (Å²) >= 11 is 1.65. The minimum atomic E-state index is -0.0131. The zero-order valence-electron chi connectivity index (χ0n) is 15.7. The summed E-state index contributed by atoms with van der Waals surface area (Å²) in [4.78, 5) is 31.6. The Kier molecular flexibility index (Phi) is 4.60. The van der Waals surface area contributed by atoms with Crippen LogP contribution in [0.2, 0.25) is 0 Å². The van der Waals surface area contributed by atoms with Crippen LogP contribution in [0, 0.1) is 5.92 Å². The average molecular weight is 382 g/mol. The highest BCUT2D eigenvalue weighted by Crippen LogP contribution is 2.35. The van der Waals surface area contributed by atoms with Crippen LogP contribution in [0.4, 0.5) is 0 Å². The number of carbonyl (C=O) groups excluding carboxylic acids is 1. The van der Waals surface area contributed by atoms with Crippen molar-refractivity contribution in [3.8, 4) is 5.75 Å². The molecule has 0 saturated heterocycles. The predicted octanol–water partition coefficient (Wildman–Crippen LogP) is 3.84. The maximum absolute atomic E-state index is 13.2. The number of carbonyl (C=O) groups is 1. The van der Waals surface area contributed by atoms with Gasteiger partial charge in [-0.25, -0.2) is 4.98 Å². The van der Waals surface area contributed by atoms with Crippen molar-refractivity contribution in [1.82, 2.24) is 9.55 Å². The molecule has 0 bridgehead atoms. The first-order chi connectivity index (χ1) is 13.0. The van der Waals surface area contributed by atoms with Crippen LogP contribution in [0.5, 0.6) is 5.75 Å². The normalized spacial score (nSPS) is 16.3. The van der Waals surface area contributed by atoms with Gasteiger partial charge in [-0.3, -0.25) is 14.2 Å². The predicted molar refractivity (Wildman–Crippen MR) is 107 cm³/mol. The summed E-state index contributed by atoms with van der Waals surface area (Å²) in [6.45, 7) is 4.12. The second kappa shape index (κ2) is 6.93. The third kappa shape index (κ3) is 3.18. The second-order valence-corrected chi connectivity index (χ2v) is 8.38. The van der Waals surface area contributed by atoms with E-state index in [1.165, 1.54) is 17.4 Å². The Balaban J connectivity index is 1.80. The number of methoxy groups -OCH3 is 1. The zero-order valence-corrected chi connectivity index (χ0v) is 16.6. The molecular weight excluding hydrogens is 360 g/mol. The van der Waals surface area contributed by atoms with Gasteiger partial charge in [-0.1, -0.05) is 6.92 Å². The zero-order chi connectivity index (χ0) is 19.1. The van der Waals surface area contributed by atoms with Gasteiger partial charge in [0.15, 0.2) is 5.78 Å². The van der Waals surface area contributed by atoms with Crippen molar-refractivity contribution in [3.63, 3.8) is 0 Å². The molecule has 140 valence electrons. The minimum absolute atomic E-state index is 0.0117. The number of aryl methyl sites for hydroxylation is 1. The first-order valence-electron chi connectivity index (χ1n) is 9.15. The van der Waals surface area contributed by atoms with Crippen molar-refractivity contribution in [3.05, 3.63) is 56.4 Å². The summed E-state index contributed by atoms with van der Waals surface area (Å²) in [6.07, 6.45) is 4.70. The molecule has 27 heavy (non-hydrogen) atoms. The Morgan fingerprint density at radius 1 is 1.41 bits per heavy atom. The monoisotopic (exact) mass is 382 g/mol. The Morgan fingerprint density at radius 2 is 2.22 bits per heavy atom. The smallest absolute Gasteiger partial charge is 0.262 e. The van der Waals surface area contributed by atoms with Gasteiger partial charge in [0.2, 0.25) is 0 Å². The van der Waals surface area contributed by atoms with E-state index < -0.39 is 0 Å². The number of Topliss-reactive ketones (excluding diaryl/α,β-unsaturated/α-hetero) is 1. The van der Waals surface area contributed by atoms with Crippen molar-refractivity contribution in [2.75, 3.05) is 7.11 Å². The number of rotatable bonds is 4. The van der Waals surface area contributed by atoms with E-state index in [9.17, 15) is 9.59 Å². The van der Waals surface area contributed by atoms with Gasteiger partial charge in [0.25, 0.3) is 5.56 Å². The fourth-order valence-electron chi connectivity index (χ4n) is 3.78. The SMILES string of the molecule is COc1ccc(C(C)=O)cc1Cn1cnc2sc3c(c2c1=O)CC[C@H](C)C3. The first-order valence-corrected chi connectivity index (χ1v) is 9.97. The van der Waals surface area contributed by atoms with Gasteiger partial charge in [-0.05, 0) is 55.9 Å². The Labute approximate surface area is 161 Å². The van der Waals surface area contributed by atoms with Gasteiger partial charge in [-0.15, -0.1) is 11.3 Å². The molecule has 2 heterocycles. The number of ether oxygens (including phenoxy) is 1. The van der Waals surface area contributed by atoms with Crippen molar-refractivity contribution in [2.45, 2.75) is 39.7 Å². The minimum Gasteiger partial charge on any atom is -0.496 e. The van der Waals surface area contributed by atoms with Crippen molar-refractivity contribution in [1.29, 1.82) is 0 Å². The topological polar surface area (TPSA) is 61.2 Å². The van der Waals surface area contributed by atoms with Crippen molar-refractivity contribution < 1.29 is 9.53 Å². The number of aromatic nitrogens is 2. The molecule has 1 aliphatic carbocycles. The summed E-state index contributed by atoms with van der Waals surface area (Å²) in [5, 5.41) is 0.770. The molecule has 0 unspecified atom stereocenters. The Bertz CT molecular complexity index is 1100. The van der Waals surface area contributed by atoms with E-state index in [-0.39, 0.29) is 11.3 Å². The van der Waals surface area contributed by atoms with Crippen LogP contribution >= 0.6 is 11.3 Å². The number of thiophene rings is 1. The van der Waals surface area contributed by atoms with E-state index in [1.807, 2.05) is 0 Å². The maximum Gasteiger partial charge on any atom is 0.262 e. The van der Waals surface area contributed by atoms with Crippen molar-refractivity contribution in [2.24, 2.45) is 5.92 Å².